The van der Waals surface area contributed by atoms with E-state index in [1.54, 1.807) is 25.7 Å². The van der Waals surface area contributed by atoms with Gasteiger partial charge in [-0.15, -0.1) is 0 Å². The Labute approximate surface area is 143 Å². The standard InChI is InChI=1S/C16H29N3O5/c1-11(2)10-12(13(20)21)17-14(22)18-6-8-19(9-7-18)15(23)24-16(3,4)5/h11-12H,6-10H2,1-5H3,(H,17,22)(H,20,21)/t12-/m0/s1. The van der Waals surface area contributed by atoms with Gasteiger partial charge in [0.2, 0.25) is 0 Å². The molecule has 0 aliphatic carbocycles. The summed E-state index contributed by atoms with van der Waals surface area (Å²) in [7, 11) is 0. The fourth-order valence-electron chi connectivity index (χ4n) is 2.35. The van der Waals surface area contributed by atoms with E-state index in [-0.39, 0.29) is 5.92 Å². The van der Waals surface area contributed by atoms with Gasteiger partial charge in [-0.05, 0) is 33.1 Å². The molecule has 1 atom stereocenters. The van der Waals surface area contributed by atoms with Crippen molar-refractivity contribution in [3.63, 3.8) is 0 Å². The van der Waals surface area contributed by atoms with E-state index >= 15 is 0 Å². The lowest BCUT2D eigenvalue weighted by Crippen LogP contribution is -2.56. The van der Waals surface area contributed by atoms with Gasteiger partial charge in [0, 0.05) is 26.2 Å². The molecule has 0 aromatic carbocycles. The lowest BCUT2D eigenvalue weighted by molar-refractivity contribution is -0.139. The molecule has 0 unspecified atom stereocenters. The Morgan fingerprint density at radius 3 is 2.00 bits per heavy atom. The van der Waals surface area contributed by atoms with Crippen LogP contribution in [0.5, 0.6) is 0 Å². The smallest absolute Gasteiger partial charge is 0.410 e. The lowest BCUT2D eigenvalue weighted by atomic mass is 10.0. The van der Waals surface area contributed by atoms with E-state index in [0.717, 1.165) is 0 Å². The number of carboxylic acids is 1. The minimum absolute atomic E-state index is 0.162. The van der Waals surface area contributed by atoms with E-state index in [0.29, 0.717) is 32.6 Å². The summed E-state index contributed by atoms with van der Waals surface area (Å²) in [5.41, 5.74) is -0.558. The van der Waals surface area contributed by atoms with Crippen LogP contribution in [-0.4, -0.2) is 70.8 Å². The highest BCUT2D eigenvalue weighted by molar-refractivity contribution is 5.82. The molecule has 3 amide bonds. The number of carbonyl (C=O) groups excluding carboxylic acids is 2. The topological polar surface area (TPSA) is 99.2 Å². The minimum Gasteiger partial charge on any atom is -0.480 e. The van der Waals surface area contributed by atoms with Gasteiger partial charge in [0.05, 0.1) is 0 Å². The van der Waals surface area contributed by atoms with Crippen molar-refractivity contribution in [1.82, 2.24) is 15.1 Å². The number of aliphatic carboxylic acids is 1. The van der Waals surface area contributed by atoms with Crippen LogP contribution < -0.4 is 5.32 Å². The Balaban J connectivity index is 2.50. The molecule has 24 heavy (non-hydrogen) atoms. The first kappa shape index (κ1) is 20.1. The summed E-state index contributed by atoms with van der Waals surface area (Å²) >= 11 is 0. The normalized spacial score (nSPS) is 16.8. The van der Waals surface area contributed by atoms with Crippen molar-refractivity contribution < 1.29 is 24.2 Å². The van der Waals surface area contributed by atoms with Crippen LogP contribution in [0, 0.1) is 5.92 Å². The van der Waals surface area contributed by atoms with Gasteiger partial charge in [-0.2, -0.15) is 0 Å². The van der Waals surface area contributed by atoms with Gasteiger partial charge >= 0.3 is 18.1 Å². The molecular formula is C16H29N3O5. The van der Waals surface area contributed by atoms with Gasteiger partial charge in [0.15, 0.2) is 0 Å². The van der Waals surface area contributed by atoms with Crippen molar-refractivity contribution >= 4 is 18.1 Å². The largest absolute Gasteiger partial charge is 0.480 e. The Morgan fingerprint density at radius 2 is 1.58 bits per heavy atom. The molecule has 0 aromatic heterocycles. The Bertz CT molecular complexity index is 465. The van der Waals surface area contributed by atoms with Crippen LogP contribution in [0.4, 0.5) is 9.59 Å². The highest BCUT2D eigenvalue weighted by atomic mass is 16.6. The number of nitrogens with one attached hydrogen (secondary N) is 1. The number of urea groups is 1. The van der Waals surface area contributed by atoms with Crippen molar-refractivity contribution in [3.05, 3.63) is 0 Å². The van der Waals surface area contributed by atoms with Crippen molar-refractivity contribution in [3.8, 4) is 0 Å². The molecule has 1 aliphatic heterocycles. The van der Waals surface area contributed by atoms with Gasteiger partial charge in [0.1, 0.15) is 11.6 Å². The minimum atomic E-state index is -1.04. The van der Waals surface area contributed by atoms with Gasteiger partial charge < -0.3 is 25.0 Å². The van der Waals surface area contributed by atoms with Crippen LogP contribution in [0.25, 0.3) is 0 Å². The molecule has 0 aromatic rings. The molecule has 1 rings (SSSR count). The molecule has 0 radical (unpaired) electrons. The Morgan fingerprint density at radius 1 is 1.08 bits per heavy atom. The second-order valence-corrected chi connectivity index (χ2v) is 7.42. The summed E-state index contributed by atoms with van der Waals surface area (Å²) in [6, 6.07) is -1.31. The maximum absolute atomic E-state index is 12.2. The molecular weight excluding hydrogens is 314 g/mol. The van der Waals surface area contributed by atoms with Crippen molar-refractivity contribution in [2.24, 2.45) is 5.92 Å². The zero-order valence-electron chi connectivity index (χ0n) is 15.2. The van der Waals surface area contributed by atoms with E-state index in [1.165, 1.54) is 4.90 Å². The number of carbonyl (C=O) groups is 3. The molecule has 0 saturated carbocycles. The highest BCUT2D eigenvalue weighted by Gasteiger charge is 2.29. The number of piperazine rings is 1. The first-order chi connectivity index (χ1) is 11.0. The average Bonchev–Trinajstić information content (AvgIpc) is 2.44. The third-order valence-electron chi connectivity index (χ3n) is 3.52. The fourth-order valence-corrected chi connectivity index (χ4v) is 2.35. The van der Waals surface area contributed by atoms with Crippen LogP contribution in [0.15, 0.2) is 0 Å². The summed E-state index contributed by atoms with van der Waals surface area (Å²) in [6.07, 6.45) is -0.0235. The number of hydrogen-bond donors (Lipinski definition) is 2. The number of ether oxygens (including phenoxy) is 1. The summed E-state index contributed by atoms with van der Waals surface area (Å²) in [5, 5.41) is 11.7. The summed E-state index contributed by atoms with van der Waals surface area (Å²) in [6.45, 7) is 10.6. The number of amides is 3. The van der Waals surface area contributed by atoms with Crippen LogP contribution >= 0.6 is 0 Å². The number of hydrogen-bond acceptors (Lipinski definition) is 4. The van der Waals surface area contributed by atoms with Gasteiger partial charge in [-0.1, -0.05) is 13.8 Å². The van der Waals surface area contributed by atoms with Crippen LogP contribution in [0.3, 0.4) is 0 Å². The zero-order valence-corrected chi connectivity index (χ0v) is 15.2. The molecule has 1 aliphatic rings. The molecule has 8 nitrogen and oxygen atoms in total. The van der Waals surface area contributed by atoms with Gasteiger partial charge in [-0.25, -0.2) is 14.4 Å². The second kappa shape index (κ2) is 8.21. The average molecular weight is 343 g/mol. The van der Waals surface area contributed by atoms with Crippen molar-refractivity contribution in [1.29, 1.82) is 0 Å². The maximum Gasteiger partial charge on any atom is 0.410 e. The van der Waals surface area contributed by atoms with Crippen LogP contribution in [-0.2, 0) is 9.53 Å². The second-order valence-electron chi connectivity index (χ2n) is 7.42. The summed E-state index contributed by atoms with van der Waals surface area (Å²) < 4.78 is 5.30. The molecule has 0 spiro atoms. The first-order valence-electron chi connectivity index (χ1n) is 8.25. The predicted molar refractivity (Wildman–Crippen MR) is 88.8 cm³/mol. The molecule has 1 heterocycles. The molecule has 1 fully saturated rings. The molecule has 8 heteroatoms. The monoisotopic (exact) mass is 343 g/mol. The summed E-state index contributed by atoms with van der Waals surface area (Å²) in [4.78, 5) is 38.5. The highest BCUT2D eigenvalue weighted by Crippen LogP contribution is 2.12. The van der Waals surface area contributed by atoms with Crippen molar-refractivity contribution in [2.75, 3.05) is 26.2 Å². The third-order valence-corrected chi connectivity index (χ3v) is 3.52. The van der Waals surface area contributed by atoms with Gasteiger partial charge in [0.25, 0.3) is 0 Å². The van der Waals surface area contributed by atoms with Crippen molar-refractivity contribution in [2.45, 2.75) is 52.7 Å². The lowest BCUT2D eigenvalue weighted by Gasteiger charge is -2.36. The Kier molecular flexibility index (Phi) is 6.86. The molecule has 1 saturated heterocycles. The summed E-state index contributed by atoms with van der Waals surface area (Å²) in [5.74, 6) is -0.875. The van der Waals surface area contributed by atoms with E-state index in [2.05, 4.69) is 5.32 Å². The van der Waals surface area contributed by atoms with Crippen LogP contribution in [0.1, 0.15) is 41.0 Å². The Hall–Kier alpha value is -1.99. The zero-order chi connectivity index (χ0) is 18.5. The fraction of sp³-hybridized carbons (Fsp3) is 0.812. The number of rotatable bonds is 4. The van der Waals surface area contributed by atoms with E-state index in [9.17, 15) is 19.5 Å². The number of nitrogens with zero attached hydrogens (tertiary/aromatic N) is 2. The third kappa shape index (κ3) is 6.64. The molecule has 0 bridgehead atoms. The van der Waals surface area contributed by atoms with Gasteiger partial charge in [-0.3, -0.25) is 0 Å². The van der Waals surface area contributed by atoms with E-state index in [1.807, 2.05) is 13.8 Å². The van der Waals surface area contributed by atoms with Crippen LogP contribution in [0.2, 0.25) is 0 Å². The van der Waals surface area contributed by atoms with E-state index in [4.69, 9.17) is 4.74 Å². The molecule has 138 valence electrons. The molecule has 2 N–H and O–H groups in total. The van der Waals surface area contributed by atoms with E-state index < -0.39 is 29.7 Å². The number of carboxylic acid groups (broad SMARTS) is 1. The quantitative estimate of drug-likeness (QED) is 0.810. The first-order valence-corrected chi connectivity index (χ1v) is 8.25. The maximum atomic E-state index is 12.2. The predicted octanol–water partition coefficient (Wildman–Crippen LogP) is 1.75. The SMILES string of the molecule is CC(C)C[C@H](NC(=O)N1CCN(C(=O)OC(C)(C)C)CC1)C(=O)O.